The van der Waals surface area contributed by atoms with Crippen molar-refractivity contribution < 1.29 is 14.6 Å². The van der Waals surface area contributed by atoms with Crippen molar-refractivity contribution >= 4 is 11.7 Å². The third-order valence-corrected chi connectivity index (χ3v) is 6.22. The summed E-state index contributed by atoms with van der Waals surface area (Å²) in [6, 6.07) is -0.768. The third kappa shape index (κ3) is 1.76. The maximum atomic E-state index is 11.6. The van der Waals surface area contributed by atoms with Crippen LogP contribution in [0.25, 0.3) is 0 Å². The van der Waals surface area contributed by atoms with Crippen molar-refractivity contribution in [3.63, 3.8) is 0 Å². The lowest BCUT2D eigenvalue weighted by atomic mass is 9.66. The van der Waals surface area contributed by atoms with Crippen LogP contribution in [-0.2, 0) is 9.53 Å². The van der Waals surface area contributed by atoms with Gasteiger partial charge in [-0.15, -0.1) is 0 Å². The van der Waals surface area contributed by atoms with Crippen LogP contribution in [0.1, 0.15) is 47.0 Å². The summed E-state index contributed by atoms with van der Waals surface area (Å²) in [5, 5.41) is 9.33. The highest BCUT2D eigenvalue weighted by Crippen LogP contribution is 2.70. The molecule has 0 radical (unpaired) electrons. The fourth-order valence-electron chi connectivity index (χ4n) is 3.88. The number of esters is 1. The number of ether oxygens (including phenoxy) is 1. The Kier molecular flexibility index (Phi) is 3.28. The largest absolute Gasteiger partial charge is 0.467 e. The fourth-order valence-corrected chi connectivity index (χ4v) is 3.88. The minimum atomic E-state index is -0.768. The van der Waals surface area contributed by atoms with Crippen molar-refractivity contribution in [2.75, 3.05) is 13.7 Å². The van der Waals surface area contributed by atoms with Gasteiger partial charge in [0, 0.05) is 11.1 Å². The number of carbonyl (C=O) groups is 1. The molecule has 3 atom stereocenters. The van der Waals surface area contributed by atoms with E-state index in [0.29, 0.717) is 0 Å². The van der Waals surface area contributed by atoms with Gasteiger partial charge in [-0.1, -0.05) is 27.7 Å². The number of methoxy groups -OCH3 is 1. The summed E-state index contributed by atoms with van der Waals surface area (Å²) in [4.78, 5) is 16.1. The maximum absolute atomic E-state index is 11.6. The van der Waals surface area contributed by atoms with Crippen LogP contribution in [0.2, 0.25) is 0 Å². The highest BCUT2D eigenvalue weighted by Gasteiger charge is 2.66. The van der Waals surface area contributed by atoms with Crippen molar-refractivity contribution in [1.29, 1.82) is 0 Å². The molecule has 0 aromatic carbocycles. The van der Waals surface area contributed by atoms with Gasteiger partial charge in [0.2, 0.25) is 0 Å². The van der Waals surface area contributed by atoms with E-state index in [1.54, 1.807) is 0 Å². The average molecular weight is 267 g/mol. The van der Waals surface area contributed by atoms with E-state index >= 15 is 0 Å². The van der Waals surface area contributed by atoms with Gasteiger partial charge in [-0.3, -0.25) is 4.99 Å². The van der Waals surface area contributed by atoms with Gasteiger partial charge in [0.15, 0.2) is 6.04 Å². The van der Waals surface area contributed by atoms with E-state index in [4.69, 9.17) is 4.74 Å². The van der Waals surface area contributed by atoms with Gasteiger partial charge in [-0.2, -0.15) is 0 Å². The van der Waals surface area contributed by atoms with Gasteiger partial charge < -0.3 is 9.84 Å². The maximum Gasteiger partial charge on any atom is 0.332 e. The molecular weight excluding hydrogens is 242 g/mol. The SMILES string of the molecule is COC(=O)[C@H](CO)N=C1C[C@@]2(C)CC[C@]1(C)C2(C)C. The van der Waals surface area contributed by atoms with Crippen LogP contribution >= 0.6 is 0 Å². The van der Waals surface area contributed by atoms with E-state index in [1.807, 2.05) is 0 Å². The van der Waals surface area contributed by atoms with Crippen LogP contribution in [-0.4, -0.2) is 36.5 Å². The van der Waals surface area contributed by atoms with Gasteiger partial charge in [0.05, 0.1) is 13.7 Å². The summed E-state index contributed by atoms with van der Waals surface area (Å²) in [7, 11) is 1.33. The molecule has 2 saturated carbocycles. The Morgan fingerprint density at radius 1 is 1.37 bits per heavy atom. The summed E-state index contributed by atoms with van der Waals surface area (Å²) < 4.78 is 4.70. The van der Waals surface area contributed by atoms with Gasteiger partial charge in [-0.25, -0.2) is 4.79 Å². The minimum Gasteiger partial charge on any atom is -0.467 e. The van der Waals surface area contributed by atoms with Crippen LogP contribution in [0.4, 0.5) is 0 Å². The molecule has 2 aliphatic carbocycles. The number of fused-ring (bicyclic) bond motifs is 2. The molecule has 0 saturated heterocycles. The monoisotopic (exact) mass is 267 g/mol. The first kappa shape index (κ1) is 14.5. The lowest BCUT2D eigenvalue weighted by Gasteiger charge is -2.38. The Balaban J connectivity index is 2.36. The molecule has 4 nitrogen and oxygen atoms in total. The standard InChI is InChI=1S/C15H25NO3/c1-13(2)14(3)6-7-15(13,4)11(8-14)16-10(9-17)12(18)19-5/h10,17H,6-9H2,1-5H3/t10-,14+,15-/m0/s1. The summed E-state index contributed by atoms with van der Waals surface area (Å²) >= 11 is 0. The van der Waals surface area contributed by atoms with E-state index in [2.05, 4.69) is 32.7 Å². The smallest absolute Gasteiger partial charge is 0.332 e. The Morgan fingerprint density at radius 3 is 2.37 bits per heavy atom. The molecule has 0 amide bonds. The molecule has 19 heavy (non-hydrogen) atoms. The molecule has 2 rings (SSSR count). The number of hydrogen-bond donors (Lipinski definition) is 1. The first-order valence-corrected chi connectivity index (χ1v) is 6.98. The quantitative estimate of drug-likeness (QED) is 0.797. The van der Waals surface area contributed by atoms with Gasteiger partial charge in [0.1, 0.15) is 0 Å². The van der Waals surface area contributed by atoms with Crippen molar-refractivity contribution in [2.45, 2.75) is 53.0 Å². The summed E-state index contributed by atoms with van der Waals surface area (Å²) in [5.41, 5.74) is 1.53. The molecular formula is C15H25NO3. The number of hydrogen-bond acceptors (Lipinski definition) is 4. The molecule has 0 aliphatic heterocycles. The summed E-state index contributed by atoms with van der Waals surface area (Å²) in [5.74, 6) is -0.454. The van der Waals surface area contributed by atoms with Crippen molar-refractivity contribution in [2.24, 2.45) is 21.2 Å². The molecule has 0 aromatic rings. The number of nitrogens with zero attached hydrogens (tertiary/aromatic N) is 1. The van der Waals surface area contributed by atoms with E-state index in [1.165, 1.54) is 13.5 Å². The number of aliphatic imine (C=N–C) groups is 1. The predicted molar refractivity (Wildman–Crippen MR) is 74.2 cm³/mol. The Hall–Kier alpha value is -0.900. The normalized spacial score (nSPS) is 39.6. The third-order valence-electron chi connectivity index (χ3n) is 6.22. The minimum absolute atomic E-state index is 0.0309. The van der Waals surface area contributed by atoms with E-state index in [0.717, 1.165) is 18.6 Å². The number of aliphatic hydroxyl groups excluding tert-OH is 1. The van der Waals surface area contributed by atoms with Crippen LogP contribution in [0.15, 0.2) is 4.99 Å². The topological polar surface area (TPSA) is 58.9 Å². The molecule has 2 fully saturated rings. The first-order valence-electron chi connectivity index (χ1n) is 6.98. The zero-order valence-electron chi connectivity index (χ0n) is 12.6. The average Bonchev–Trinajstić information content (AvgIpc) is 2.63. The lowest BCUT2D eigenvalue weighted by Crippen LogP contribution is -2.36. The molecule has 4 heteroatoms. The second kappa shape index (κ2) is 4.30. The van der Waals surface area contributed by atoms with Crippen LogP contribution in [0.5, 0.6) is 0 Å². The van der Waals surface area contributed by atoms with Crippen LogP contribution < -0.4 is 0 Å². The molecule has 0 spiro atoms. The second-order valence-corrected chi connectivity index (χ2v) is 6.99. The first-order chi connectivity index (χ1) is 8.72. The fraction of sp³-hybridized carbons (Fsp3) is 0.867. The van der Waals surface area contributed by atoms with Gasteiger partial charge >= 0.3 is 5.97 Å². The van der Waals surface area contributed by atoms with Crippen molar-refractivity contribution in [3.8, 4) is 0 Å². The van der Waals surface area contributed by atoms with Crippen molar-refractivity contribution in [1.82, 2.24) is 0 Å². The predicted octanol–water partition coefficient (Wildman–Crippen LogP) is 2.20. The van der Waals surface area contributed by atoms with Gasteiger partial charge in [-0.05, 0) is 30.1 Å². The highest BCUT2D eigenvalue weighted by molar-refractivity contribution is 5.96. The lowest BCUT2D eigenvalue weighted by molar-refractivity contribution is -0.142. The van der Waals surface area contributed by atoms with E-state index in [9.17, 15) is 9.90 Å². The Morgan fingerprint density at radius 2 is 2.00 bits per heavy atom. The summed E-state index contributed by atoms with van der Waals surface area (Å²) in [6.45, 7) is 8.87. The number of aliphatic hydroxyl groups is 1. The van der Waals surface area contributed by atoms with E-state index in [-0.39, 0.29) is 22.9 Å². The van der Waals surface area contributed by atoms with Gasteiger partial charge in [0.25, 0.3) is 0 Å². The molecule has 2 aliphatic rings. The second-order valence-electron chi connectivity index (χ2n) is 6.99. The molecule has 108 valence electrons. The molecule has 0 aromatic heterocycles. The Bertz CT molecular complexity index is 429. The number of rotatable bonds is 3. The zero-order chi connectivity index (χ0) is 14.5. The Labute approximate surface area is 115 Å². The highest BCUT2D eigenvalue weighted by atomic mass is 16.5. The zero-order valence-corrected chi connectivity index (χ0v) is 12.6. The molecule has 0 heterocycles. The van der Waals surface area contributed by atoms with Crippen molar-refractivity contribution in [3.05, 3.63) is 0 Å². The number of carbonyl (C=O) groups excluding carboxylic acids is 1. The molecule has 1 N–H and O–H groups in total. The molecule has 0 unspecified atom stereocenters. The van der Waals surface area contributed by atoms with E-state index < -0.39 is 12.0 Å². The van der Waals surface area contributed by atoms with Crippen LogP contribution in [0.3, 0.4) is 0 Å². The summed E-state index contributed by atoms with van der Waals surface area (Å²) in [6.07, 6.45) is 3.23. The molecule has 2 bridgehead atoms. The van der Waals surface area contributed by atoms with Crippen LogP contribution in [0, 0.1) is 16.2 Å².